The lowest BCUT2D eigenvalue weighted by Crippen LogP contribution is -2.47. The molecular weight excluding hydrogens is 304 g/mol. The number of aromatic nitrogens is 3. The Bertz CT molecular complexity index is 717. The molecule has 1 amide bonds. The van der Waals surface area contributed by atoms with Crippen molar-refractivity contribution in [1.29, 1.82) is 0 Å². The van der Waals surface area contributed by atoms with E-state index in [9.17, 15) is 13.6 Å². The maximum atomic E-state index is 13.9. The van der Waals surface area contributed by atoms with Crippen LogP contribution >= 0.6 is 0 Å². The number of carbonyl (C=O) groups excluding carboxylic acids is 1. The lowest BCUT2D eigenvalue weighted by atomic mass is 10.0. The summed E-state index contributed by atoms with van der Waals surface area (Å²) in [4.78, 5) is 15.4. The van der Waals surface area contributed by atoms with Crippen molar-refractivity contribution < 1.29 is 13.6 Å². The number of benzene rings is 1. The normalized spacial score (nSPS) is 20.0. The minimum Gasteiger partial charge on any atom is -0.328 e. The fraction of sp³-hybridized carbons (Fsp3) is 0.400. The van der Waals surface area contributed by atoms with Gasteiger partial charge in [-0.15, -0.1) is 0 Å². The van der Waals surface area contributed by atoms with E-state index in [1.807, 2.05) is 0 Å². The fourth-order valence-electron chi connectivity index (χ4n) is 2.94. The van der Waals surface area contributed by atoms with Crippen LogP contribution in [0.4, 0.5) is 8.78 Å². The van der Waals surface area contributed by atoms with Crippen molar-refractivity contribution >= 4 is 5.91 Å². The van der Waals surface area contributed by atoms with E-state index in [1.165, 1.54) is 17.2 Å². The molecule has 6 nitrogen and oxygen atoms in total. The highest BCUT2D eigenvalue weighted by molar-refractivity contribution is 5.99. The number of hydrogen-bond acceptors (Lipinski definition) is 4. The number of nitrogens with zero attached hydrogens (tertiary/aromatic N) is 4. The van der Waals surface area contributed by atoms with Crippen LogP contribution in [-0.2, 0) is 0 Å². The summed E-state index contributed by atoms with van der Waals surface area (Å²) in [5, 5.41) is 8.05. The van der Waals surface area contributed by atoms with Crippen molar-refractivity contribution in [2.75, 3.05) is 13.1 Å². The summed E-state index contributed by atoms with van der Waals surface area (Å²) < 4.78 is 27.8. The molecule has 1 saturated heterocycles. The minimum atomic E-state index is -2.96. The van der Waals surface area contributed by atoms with Crippen LogP contribution in [0, 0.1) is 6.92 Å². The maximum absolute atomic E-state index is 13.9. The van der Waals surface area contributed by atoms with Crippen molar-refractivity contribution in [3.63, 3.8) is 0 Å². The summed E-state index contributed by atoms with van der Waals surface area (Å²) in [7, 11) is 0. The Balaban J connectivity index is 2.04. The molecule has 122 valence electrons. The third-order valence-corrected chi connectivity index (χ3v) is 4.13. The van der Waals surface area contributed by atoms with Crippen LogP contribution in [0.1, 0.15) is 22.3 Å². The summed E-state index contributed by atoms with van der Waals surface area (Å²) in [6.45, 7) is 1.46. The third-order valence-electron chi connectivity index (χ3n) is 4.13. The molecular formula is C15H17F2N5O. The van der Waals surface area contributed by atoms with Gasteiger partial charge in [-0.25, -0.2) is 8.78 Å². The van der Waals surface area contributed by atoms with Gasteiger partial charge < -0.3 is 10.6 Å². The van der Waals surface area contributed by atoms with Gasteiger partial charge in [0.25, 0.3) is 11.8 Å². The first kappa shape index (κ1) is 15.5. The standard InChI is InChI=1S/C15H17F2N5O/c1-10-3-2-4-11(22-19-6-7-20-22)13(10)14(23)21-8-5-15(16,17)12(21)9-18/h2-4,6-7,12H,5,8-9,18H2,1H3. The van der Waals surface area contributed by atoms with Gasteiger partial charge in [-0.2, -0.15) is 15.0 Å². The van der Waals surface area contributed by atoms with E-state index >= 15 is 0 Å². The quantitative estimate of drug-likeness (QED) is 0.926. The second kappa shape index (κ2) is 5.69. The average molecular weight is 321 g/mol. The number of nitrogens with two attached hydrogens (primary N) is 1. The summed E-state index contributed by atoms with van der Waals surface area (Å²) >= 11 is 0. The van der Waals surface area contributed by atoms with E-state index < -0.39 is 17.9 Å². The molecule has 0 saturated carbocycles. The molecule has 0 bridgehead atoms. The lowest BCUT2D eigenvalue weighted by molar-refractivity contribution is -0.0261. The molecule has 8 heteroatoms. The first-order valence-electron chi connectivity index (χ1n) is 7.31. The number of rotatable bonds is 3. The molecule has 1 unspecified atom stereocenters. The Morgan fingerprint density at radius 3 is 2.74 bits per heavy atom. The second-order valence-electron chi connectivity index (χ2n) is 5.55. The van der Waals surface area contributed by atoms with Crippen LogP contribution in [0.25, 0.3) is 5.69 Å². The van der Waals surface area contributed by atoms with E-state index in [2.05, 4.69) is 10.2 Å². The van der Waals surface area contributed by atoms with Crippen LogP contribution in [0.5, 0.6) is 0 Å². The molecule has 2 aromatic rings. The number of amides is 1. The Labute approximate surface area is 131 Å². The Kier molecular flexibility index (Phi) is 3.85. The van der Waals surface area contributed by atoms with E-state index in [0.717, 1.165) is 4.90 Å². The first-order chi connectivity index (χ1) is 11.0. The molecule has 2 heterocycles. The smallest absolute Gasteiger partial charge is 0.271 e. The van der Waals surface area contributed by atoms with Crippen molar-refractivity contribution in [2.24, 2.45) is 5.73 Å². The highest BCUT2D eigenvalue weighted by Gasteiger charge is 2.50. The summed E-state index contributed by atoms with van der Waals surface area (Å²) in [6.07, 6.45) is 2.61. The second-order valence-corrected chi connectivity index (χ2v) is 5.55. The maximum Gasteiger partial charge on any atom is 0.271 e. The van der Waals surface area contributed by atoms with Crippen LogP contribution in [0.3, 0.4) is 0 Å². The highest BCUT2D eigenvalue weighted by Crippen LogP contribution is 2.35. The molecule has 23 heavy (non-hydrogen) atoms. The lowest BCUT2D eigenvalue weighted by Gasteiger charge is -2.27. The van der Waals surface area contributed by atoms with Gasteiger partial charge in [-0.05, 0) is 18.6 Å². The van der Waals surface area contributed by atoms with Gasteiger partial charge in [0.2, 0.25) is 0 Å². The zero-order valence-electron chi connectivity index (χ0n) is 12.6. The molecule has 1 aliphatic rings. The average Bonchev–Trinajstić information content (AvgIpc) is 3.13. The highest BCUT2D eigenvalue weighted by atomic mass is 19.3. The topological polar surface area (TPSA) is 77.0 Å². The van der Waals surface area contributed by atoms with Crippen molar-refractivity contribution in [1.82, 2.24) is 19.9 Å². The molecule has 1 aromatic heterocycles. The summed E-state index contributed by atoms with van der Waals surface area (Å²) in [6, 6.07) is 3.93. The van der Waals surface area contributed by atoms with Crippen LogP contribution in [0.2, 0.25) is 0 Å². The van der Waals surface area contributed by atoms with E-state index in [-0.39, 0.29) is 19.5 Å². The molecule has 2 N–H and O–H groups in total. The first-order valence-corrected chi connectivity index (χ1v) is 7.31. The molecule has 0 radical (unpaired) electrons. The van der Waals surface area contributed by atoms with Crippen molar-refractivity contribution in [3.8, 4) is 5.69 Å². The summed E-state index contributed by atoms with van der Waals surface area (Å²) in [5.74, 6) is -3.43. The molecule has 1 aromatic carbocycles. The van der Waals surface area contributed by atoms with Gasteiger partial charge in [0.05, 0.1) is 23.6 Å². The van der Waals surface area contributed by atoms with Gasteiger partial charge in [0.15, 0.2) is 0 Å². The number of alkyl halides is 2. The number of carbonyl (C=O) groups is 1. The Hall–Kier alpha value is -2.35. The Morgan fingerprint density at radius 1 is 1.39 bits per heavy atom. The molecule has 0 spiro atoms. The third kappa shape index (κ3) is 2.59. The summed E-state index contributed by atoms with van der Waals surface area (Å²) in [5.41, 5.74) is 6.94. The number of hydrogen-bond donors (Lipinski definition) is 1. The van der Waals surface area contributed by atoms with Gasteiger partial charge in [0.1, 0.15) is 6.04 Å². The van der Waals surface area contributed by atoms with Gasteiger partial charge in [-0.3, -0.25) is 4.79 Å². The molecule has 0 aliphatic carbocycles. The van der Waals surface area contributed by atoms with Crippen LogP contribution < -0.4 is 5.73 Å². The van der Waals surface area contributed by atoms with E-state index in [0.29, 0.717) is 16.8 Å². The number of likely N-dealkylation sites (tertiary alicyclic amines) is 1. The van der Waals surface area contributed by atoms with Crippen molar-refractivity contribution in [3.05, 3.63) is 41.7 Å². The zero-order chi connectivity index (χ0) is 16.6. The zero-order valence-corrected chi connectivity index (χ0v) is 12.6. The molecule has 1 atom stereocenters. The predicted octanol–water partition coefficient (Wildman–Crippen LogP) is 1.38. The number of halogens is 2. The van der Waals surface area contributed by atoms with Crippen LogP contribution in [-0.4, -0.2) is 50.9 Å². The largest absolute Gasteiger partial charge is 0.328 e. The van der Waals surface area contributed by atoms with E-state index in [4.69, 9.17) is 5.73 Å². The van der Waals surface area contributed by atoms with Gasteiger partial charge >= 0.3 is 0 Å². The molecule has 1 fully saturated rings. The molecule has 1 aliphatic heterocycles. The Morgan fingerprint density at radius 2 is 2.09 bits per heavy atom. The number of aryl methyl sites for hydroxylation is 1. The van der Waals surface area contributed by atoms with Gasteiger partial charge in [-0.1, -0.05) is 12.1 Å². The monoisotopic (exact) mass is 321 g/mol. The van der Waals surface area contributed by atoms with Gasteiger partial charge in [0, 0.05) is 19.5 Å². The predicted molar refractivity (Wildman–Crippen MR) is 79.5 cm³/mol. The van der Waals surface area contributed by atoms with Crippen LogP contribution in [0.15, 0.2) is 30.6 Å². The van der Waals surface area contributed by atoms with E-state index in [1.54, 1.807) is 25.1 Å². The minimum absolute atomic E-state index is 0.0198. The van der Waals surface area contributed by atoms with Crippen molar-refractivity contribution in [2.45, 2.75) is 25.3 Å². The molecule has 3 rings (SSSR count). The SMILES string of the molecule is Cc1cccc(-n2nccn2)c1C(=O)N1CCC(F)(F)C1CN. The fourth-order valence-corrected chi connectivity index (χ4v) is 2.94.